The van der Waals surface area contributed by atoms with Crippen LogP contribution in [0.4, 0.5) is 11.4 Å². The number of fused-ring (bicyclic) bond motifs is 1. The summed E-state index contributed by atoms with van der Waals surface area (Å²) in [6.45, 7) is 7.55. The molecule has 1 spiro atoms. The minimum absolute atomic E-state index is 0.0523. The van der Waals surface area contributed by atoms with Crippen LogP contribution < -0.4 is 10.6 Å². The lowest BCUT2D eigenvalue weighted by molar-refractivity contribution is -0.144. The monoisotopic (exact) mass is 519 g/mol. The molecule has 2 aromatic carbocycles. The molecule has 3 N–H and O–H groups in total. The van der Waals surface area contributed by atoms with Gasteiger partial charge in [0.05, 0.1) is 30.6 Å². The van der Waals surface area contributed by atoms with E-state index in [1.165, 1.54) is 0 Å². The first kappa shape index (κ1) is 26.4. The first-order chi connectivity index (χ1) is 18.2. The molecule has 8 heteroatoms. The molecule has 3 fully saturated rings. The number of rotatable bonds is 8. The minimum atomic E-state index is -1.12. The molecule has 3 heterocycles. The molecule has 2 unspecified atom stereocenters. The lowest BCUT2D eigenvalue weighted by Crippen LogP contribution is -2.57. The first-order valence-corrected chi connectivity index (χ1v) is 13.6. The van der Waals surface area contributed by atoms with Crippen molar-refractivity contribution in [2.24, 2.45) is 17.8 Å². The van der Waals surface area contributed by atoms with Gasteiger partial charge in [0.2, 0.25) is 17.7 Å². The second kappa shape index (κ2) is 10.2. The molecule has 2 bridgehead atoms. The number of nitrogens with one attached hydrogen (secondary N) is 2. The number of likely N-dealkylation sites (tertiary alicyclic amines) is 1. The highest BCUT2D eigenvalue weighted by Gasteiger charge is 2.75. The third kappa shape index (κ3) is 4.10. The fourth-order valence-electron chi connectivity index (χ4n) is 6.81. The molecule has 8 nitrogen and oxygen atoms in total. The number of anilines is 2. The Kier molecular flexibility index (Phi) is 7.05. The summed E-state index contributed by atoms with van der Waals surface area (Å²) in [7, 11) is 0. The van der Waals surface area contributed by atoms with Crippen LogP contribution in [0.1, 0.15) is 44.2 Å². The lowest BCUT2D eigenvalue weighted by atomic mass is 9.70. The molecule has 0 aliphatic carbocycles. The summed E-state index contributed by atoms with van der Waals surface area (Å²) in [5.41, 5.74) is 2.07. The summed E-state index contributed by atoms with van der Waals surface area (Å²) in [6.07, 6.45) is 1.37. The Hall–Kier alpha value is -3.23. The molecule has 202 valence electrons. The summed E-state index contributed by atoms with van der Waals surface area (Å²) in [5, 5.41) is 16.5. The van der Waals surface area contributed by atoms with Crippen molar-refractivity contribution in [3.8, 4) is 0 Å². The Morgan fingerprint density at radius 2 is 1.76 bits per heavy atom. The summed E-state index contributed by atoms with van der Waals surface area (Å²) >= 11 is 0. The summed E-state index contributed by atoms with van der Waals surface area (Å²) < 4.78 is 6.53. The zero-order chi connectivity index (χ0) is 27.2. The molecule has 38 heavy (non-hydrogen) atoms. The van der Waals surface area contributed by atoms with E-state index in [1.54, 1.807) is 17.0 Å². The van der Waals surface area contributed by atoms with Crippen molar-refractivity contribution in [1.82, 2.24) is 4.90 Å². The van der Waals surface area contributed by atoms with E-state index < -0.39 is 35.6 Å². The largest absolute Gasteiger partial charge is 0.394 e. The molecule has 2 aromatic rings. The van der Waals surface area contributed by atoms with Crippen LogP contribution in [0.2, 0.25) is 0 Å². The van der Waals surface area contributed by atoms with E-state index in [4.69, 9.17) is 4.74 Å². The molecular formula is C30H37N3O5. The van der Waals surface area contributed by atoms with Crippen molar-refractivity contribution in [2.45, 2.75) is 70.7 Å². The Balaban J connectivity index is 1.54. The van der Waals surface area contributed by atoms with Crippen LogP contribution in [0, 0.1) is 31.6 Å². The van der Waals surface area contributed by atoms with Crippen LogP contribution in [0.25, 0.3) is 0 Å². The zero-order valence-corrected chi connectivity index (χ0v) is 22.4. The van der Waals surface area contributed by atoms with Gasteiger partial charge in [0.15, 0.2) is 0 Å². The van der Waals surface area contributed by atoms with Crippen molar-refractivity contribution in [1.29, 1.82) is 0 Å². The predicted octanol–water partition coefficient (Wildman–Crippen LogP) is 3.66. The number of amides is 3. The number of nitrogens with zero attached hydrogens (tertiary/aromatic N) is 1. The van der Waals surface area contributed by atoms with Crippen LogP contribution in [-0.2, 0) is 19.1 Å². The van der Waals surface area contributed by atoms with Gasteiger partial charge in [0.1, 0.15) is 11.6 Å². The standard InChI is InChI=1S/C30H37N3O5/c1-5-17(2)21(16-34)33-26(28(36)32-25-18(3)10-9-11-19(25)4)30-15-14-22(38-30)23(24(30)29(33)37)27(35)31-20-12-7-6-8-13-20/h6-13,17,21-24,26,34H,5,14-16H2,1-4H3,(H,31,35)(H,32,36)/t17-,21-,22-,23+,24-,26?,30?/m0/s1. The summed E-state index contributed by atoms with van der Waals surface area (Å²) in [4.78, 5) is 43.5. The van der Waals surface area contributed by atoms with Gasteiger partial charge in [-0.1, -0.05) is 56.7 Å². The fourth-order valence-corrected chi connectivity index (χ4v) is 6.81. The molecule has 3 amide bonds. The number of hydrogen-bond acceptors (Lipinski definition) is 5. The minimum Gasteiger partial charge on any atom is -0.394 e. The average Bonchev–Trinajstić information content (AvgIpc) is 3.55. The topological polar surface area (TPSA) is 108 Å². The number of aryl methyl sites for hydroxylation is 2. The normalized spacial score (nSPS) is 29.2. The van der Waals surface area contributed by atoms with Gasteiger partial charge in [-0.2, -0.15) is 0 Å². The van der Waals surface area contributed by atoms with Gasteiger partial charge in [0.25, 0.3) is 0 Å². The Bertz CT molecular complexity index is 1210. The second-order valence-electron chi connectivity index (χ2n) is 11.0. The highest BCUT2D eigenvalue weighted by atomic mass is 16.5. The maximum Gasteiger partial charge on any atom is 0.250 e. The van der Waals surface area contributed by atoms with Gasteiger partial charge in [-0.3, -0.25) is 14.4 Å². The van der Waals surface area contributed by atoms with Gasteiger partial charge in [-0.05, 0) is 55.9 Å². The lowest BCUT2D eigenvalue weighted by Gasteiger charge is -2.39. The maximum absolute atomic E-state index is 14.2. The highest BCUT2D eigenvalue weighted by Crippen LogP contribution is 2.59. The van der Waals surface area contributed by atoms with Gasteiger partial charge >= 0.3 is 0 Å². The van der Waals surface area contributed by atoms with Gasteiger partial charge < -0.3 is 25.4 Å². The van der Waals surface area contributed by atoms with E-state index in [2.05, 4.69) is 10.6 Å². The van der Waals surface area contributed by atoms with Gasteiger partial charge in [-0.15, -0.1) is 0 Å². The maximum atomic E-state index is 14.2. The van der Waals surface area contributed by atoms with Crippen molar-refractivity contribution in [3.05, 3.63) is 59.7 Å². The van der Waals surface area contributed by atoms with Gasteiger partial charge in [-0.25, -0.2) is 0 Å². The average molecular weight is 520 g/mol. The van der Waals surface area contributed by atoms with E-state index in [-0.39, 0.29) is 30.2 Å². The third-order valence-electron chi connectivity index (χ3n) is 8.90. The quantitative estimate of drug-likeness (QED) is 0.493. The smallest absolute Gasteiger partial charge is 0.250 e. The molecule has 3 aliphatic heterocycles. The third-order valence-corrected chi connectivity index (χ3v) is 8.90. The highest BCUT2D eigenvalue weighted by molar-refractivity contribution is 6.05. The summed E-state index contributed by atoms with van der Waals surface area (Å²) in [6, 6.07) is 13.4. The molecule has 0 saturated carbocycles. The van der Waals surface area contributed by atoms with Crippen LogP contribution in [0.5, 0.6) is 0 Å². The molecule has 3 aliphatic rings. The van der Waals surface area contributed by atoms with Crippen molar-refractivity contribution in [3.63, 3.8) is 0 Å². The van der Waals surface area contributed by atoms with Crippen LogP contribution >= 0.6 is 0 Å². The number of carbonyl (C=O) groups excluding carboxylic acids is 3. The second-order valence-corrected chi connectivity index (χ2v) is 11.0. The SMILES string of the molecule is CC[C@H](C)[C@H](CO)N1C(=O)[C@@H]2[C@H](C(=O)Nc3ccccc3)[C@@H]3CCC2(O3)C1C(=O)Nc1c(C)cccc1C. The Morgan fingerprint density at radius 3 is 2.39 bits per heavy atom. The number of aliphatic hydroxyl groups is 1. The van der Waals surface area contributed by atoms with Crippen LogP contribution in [0.3, 0.4) is 0 Å². The van der Waals surface area contributed by atoms with Crippen LogP contribution in [0.15, 0.2) is 48.5 Å². The van der Waals surface area contributed by atoms with Gasteiger partial charge in [0, 0.05) is 11.4 Å². The number of hydrogen-bond donors (Lipinski definition) is 3. The number of ether oxygens (including phenoxy) is 1. The molecule has 5 rings (SSSR count). The van der Waals surface area contributed by atoms with E-state index >= 15 is 0 Å². The Morgan fingerprint density at radius 1 is 1.08 bits per heavy atom. The first-order valence-electron chi connectivity index (χ1n) is 13.6. The van der Waals surface area contributed by atoms with E-state index in [1.807, 2.05) is 64.1 Å². The zero-order valence-electron chi connectivity index (χ0n) is 22.4. The van der Waals surface area contributed by atoms with Crippen molar-refractivity contribution >= 4 is 29.1 Å². The van der Waals surface area contributed by atoms with E-state index in [0.29, 0.717) is 24.2 Å². The molecule has 3 saturated heterocycles. The fraction of sp³-hybridized carbons (Fsp3) is 0.500. The van der Waals surface area contributed by atoms with E-state index in [0.717, 1.165) is 17.5 Å². The molecular weight excluding hydrogens is 482 g/mol. The number of carbonyl (C=O) groups is 3. The molecule has 0 aromatic heterocycles. The number of benzene rings is 2. The number of aliphatic hydroxyl groups excluding tert-OH is 1. The van der Waals surface area contributed by atoms with E-state index in [9.17, 15) is 19.5 Å². The summed E-state index contributed by atoms with van der Waals surface area (Å²) in [5.74, 6) is -2.47. The molecule has 7 atom stereocenters. The molecule has 0 radical (unpaired) electrons. The van der Waals surface area contributed by atoms with Crippen molar-refractivity contribution < 1.29 is 24.2 Å². The van der Waals surface area contributed by atoms with Crippen molar-refractivity contribution in [2.75, 3.05) is 17.2 Å². The number of para-hydroxylation sites is 2. The predicted molar refractivity (Wildman–Crippen MR) is 144 cm³/mol. The van der Waals surface area contributed by atoms with Crippen LogP contribution in [-0.4, -0.2) is 58.1 Å². The Labute approximate surface area is 223 Å².